The van der Waals surface area contributed by atoms with Crippen LogP contribution in [-0.2, 0) is 11.2 Å². The Kier molecular flexibility index (Phi) is 4.53. The van der Waals surface area contributed by atoms with Gasteiger partial charge < -0.3 is 0 Å². The van der Waals surface area contributed by atoms with Crippen molar-refractivity contribution in [3.05, 3.63) is 59.8 Å². The van der Waals surface area contributed by atoms with E-state index in [2.05, 4.69) is 25.1 Å². The first-order chi connectivity index (χ1) is 12.7. The highest BCUT2D eigenvalue weighted by molar-refractivity contribution is 6.29. The molecule has 1 fully saturated rings. The molecule has 0 spiro atoms. The van der Waals surface area contributed by atoms with Gasteiger partial charge in [0.15, 0.2) is 11.6 Å². The Morgan fingerprint density at radius 1 is 1.08 bits per heavy atom. The van der Waals surface area contributed by atoms with Crippen LogP contribution in [0, 0.1) is 5.92 Å². The second-order valence-corrected chi connectivity index (χ2v) is 6.43. The lowest BCUT2D eigenvalue weighted by Crippen LogP contribution is -2.29. The average molecular weight is 367 g/mol. The Bertz CT molecular complexity index is 901. The van der Waals surface area contributed by atoms with Crippen LogP contribution in [0.5, 0.6) is 0 Å². The van der Waals surface area contributed by atoms with Crippen LogP contribution < -0.4 is 4.90 Å². The van der Waals surface area contributed by atoms with E-state index in [0.29, 0.717) is 29.8 Å². The molecule has 8 heteroatoms. The third kappa shape index (κ3) is 3.39. The summed E-state index contributed by atoms with van der Waals surface area (Å²) in [5.41, 5.74) is 1.83. The first-order valence-electron chi connectivity index (χ1n) is 8.22. The highest BCUT2D eigenvalue weighted by Crippen LogP contribution is 2.26. The molecule has 0 aromatic carbocycles. The van der Waals surface area contributed by atoms with E-state index >= 15 is 0 Å². The van der Waals surface area contributed by atoms with Gasteiger partial charge in [0.05, 0.1) is 6.20 Å². The Morgan fingerprint density at radius 3 is 2.62 bits per heavy atom. The monoisotopic (exact) mass is 366 g/mol. The zero-order valence-electron chi connectivity index (χ0n) is 13.8. The molecule has 0 saturated carbocycles. The van der Waals surface area contributed by atoms with E-state index in [1.54, 1.807) is 35.8 Å². The maximum Gasteiger partial charge on any atom is 0.231 e. The molecule has 26 heavy (non-hydrogen) atoms. The molecule has 1 aliphatic rings. The van der Waals surface area contributed by atoms with Crippen LogP contribution in [-0.4, -0.2) is 37.6 Å². The number of halogens is 1. The van der Waals surface area contributed by atoms with Crippen LogP contribution in [0.2, 0.25) is 5.15 Å². The lowest BCUT2D eigenvalue weighted by atomic mass is 9.99. The Balaban J connectivity index is 1.47. The van der Waals surface area contributed by atoms with E-state index in [-0.39, 0.29) is 11.8 Å². The van der Waals surface area contributed by atoms with Crippen molar-refractivity contribution in [3.8, 4) is 11.4 Å². The second kappa shape index (κ2) is 7.13. The van der Waals surface area contributed by atoms with Gasteiger partial charge in [0.1, 0.15) is 5.15 Å². The molecule has 1 amide bonds. The third-order valence-electron chi connectivity index (χ3n) is 4.35. The van der Waals surface area contributed by atoms with Crippen LogP contribution >= 0.6 is 11.6 Å². The summed E-state index contributed by atoms with van der Waals surface area (Å²) in [7, 11) is 0. The van der Waals surface area contributed by atoms with E-state index in [1.807, 2.05) is 18.2 Å². The number of aromatic nitrogens is 5. The molecule has 1 atom stereocenters. The molecule has 0 aliphatic carbocycles. The number of carbonyl (C=O) groups is 1. The number of hydrogen-bond donors (Lipinski definition) is 0. The van der Waals surface area contributed by atoms with Gasteiger partial charge in [-0.25, -0.2) is 9.97 Å². The van der Waals surface area contributed by atoms with Gasteiger partial charge >= 0.3 is 0 Å². The Labute approximate surface area is 155 Å². The summed E-state index contributed by atoms with van der Waals surface area (Å²) in [4.78, 5) is 26.7. The molecule has 0 N–H and O–H groups in total. The summed E-state index contributed by atoms with van der Waals surface area (Å²) in [6.45, 7) is 0.607. The van der Waals surface area contributed by atoms with Crippen LogP contribution in [0.15, 0.2) is 49.1 Å². The summed E-state index contributed by atoms with van der Waals surface area (Å²) < 4.78 is 0. The fourth-order valence-electron chi connectivity index (χ4n) is 2.99. The maximum atomic E-state index is 12.7. The number of hydrogen-bond acceptors (Lipinski definition) is 6. The summed E-state index contributed by atoms with van der Waals surface area (Å²) in [6.07, 6.45) is 8.04. The van der Waals surface area contributed by atoms with Gasteiger partial charge in [-0.3, -0.25) is 14.7 Å². The molecule has 7 nitrogen and oxygen atoms in total. The van der Waals surface area contributed by atoms with Gasteiger partial charge in [-0.2, -0.15) is 0 Å². The van der Waals surface area contributed by atoms with Crippen LogP contribution in [0.1, 0.15) is 12.0 Å². The van der Waals surface area contributed by atoms with Crippen LogP contribution in [0.4, 0.5) is 5.82 Å². The van der Waals surface area contributed by atoms with Crippen molar-refractivity contribution in [2.75, 3.05) is 11.4 Å². The minimum Gasteiger partial charge on any atom is -0.294 e. The Morgan fingerprint density at radius 2 is 1.92 bits per heavy atom. The van der Waals surface area contributed by atoms with E-state index in [4.69, 9.17) is 11.6 Å². The van der Waals surface area contributed by atoms with Gasteiger partial charge in [0.2, 0.25) is 5.91 Å². The molecule has 1 aliphatic heterocycles. The predicted octanol–water partition coefficient (Wildman–Crippen LogP) is 2.58. The minimum absolute atomic E-state index is 0.0349. The molecule has 1 saturated heterocycles. The molecule has 0 bridgehead atoms. The van der Waals surface area contributed by atoms with Crippen molar-refractivity contribution in [2.24, 2.45) is 5.92 Å². The van der Waals surface area contributed by atoms with Crippen molar-refractivity contribution >= 4 is 23.3 Å². The number of nitrogens with zero attached hydrogens (tertiary/aromatic N) is 6. The lowest BCUT2D eigenvalue weighted by molar-refractivity contribution is -0.120. The third-order valence-corrected chi connectivity index (χ3v) is 4.58. The van der Waals surface area contributed by atoms with E-state index in [0.717, 1.165) is 17.5 Å². The predicted molar refractivity (Wildman–Crippen MR) is 96.5 cm³/mol. The van der Waals surface area contributed by atoms with E-state index in [9.17, 15) is 4.79 Å². The van der Waals surface area contributed by atoms with Gasteiger partial charge in [0.25, 0.3) is 0 Å². The van der Waals surface area contributed by atoms with Gasteiger partial charge in [-0.1, -0.05) is 17.7 Å². The van der Waals surface area contributed by atoms with E-state index in [1.165, 1.54) is 0 Å². The van der Waals surface area contributed by atoms with Gasteiger partial charge in [0, 0.05) is 36.6 Å². The van der Waals surface area contributed by atoms with Crippen molar-refractivity contribution in [2.45, 2.75) is 12.8 Å². The first kappa shape index (κ1) is 16.5. The number of amides is 1. The molecule has 4 rings (SSSR count). The highest BCUT2D eigenvalue weighted by atomic mass is 35.5. The summed E-state index contributed by atoms with van der Waals surface area (Å²) in [5.74, 6) is 0.920. The number of pyridine rings is 2. The van der Waals surface area contributed by atoms with Crippen molar-refractivity contribution < 1.29 is 4.79 Å². The summed E-state index contributed by atoms with van der Waals surface area (Å²) >= 11 is 5.81. The number of anilines is 1. The molecule has 130 valence electrons. The molecular formula is C18H15ClN6O. The van der Waals surface area contributed by atoms with Crippen LogP contribution in [0.3, 0.4) is 0 Å². The van der Waals surface area contributed by atoms with Crippen molar-refractivity contribution in [1.82, 2.24) is 25.1 Å². The average Bonchev–Trinajstić information content (AvgIpc) is 3.05. The molecule has 0 unspecified atom stereocenters. The summed E-state index contributed by atoms with van der Waals surface area (Å²) in [5, 5.41) is 8.77. The number of rotatable bonds is 4. The molecule has 0 radical (unpaired) electrons. The SMILES string of the molecule is O=C1[C@@H](Cc2ccc(Cl)nc2)CCN1c1cnc(-c2ccncc2)nn1. The highest BCUT2D eigenvalue weighted by Gasteiger charge is 2.33. The Hall–Kier alpha value is -2.93. The zero-order chi connectivity index (χ0) is 17.9. The van der Waals surface area contributed by atoms with Crippen molar-refractivity contribution in [1.29, 1.82) is 0 Å². The molecule has 3 aromatic heterocycles. The topological polar surface area (TPSA) is 84.8 Å². The van der Waals surface area contributed by atoms with E-state index < -0.39 is 0 Å². The zero-order valence-corrected chi connectivity index (χ0v) is 14.5. The molecular weight excluding hydrogens is 352 g/mol. The lowest BCUT2D eigenvalue weighted by Gasteiger charge is -2.15. The van der Waals surface area contributed by atoms with Crippen molar-refractivity contribution in [3.63, 3.8) is 0 Å². The molecule has 4 heterocycles. The number of carbonyl (C=O) groups excluding carboxylic acids is 1. The summed E-state index contributed by atoms with van der Waals surface area (Å²) in [6, 6.07) is 7.26. The fourth-order valence-corrected chi connectivity index (χ4v) is 3.11. The largest absolute Gasteiger partial charge is 0.294 e. The maximum absolute atomic E-state index is 12.7. The first-order valence-corrected chi connectivity index (χ1v) is 8.60. The standard InChI is InChI=1S/C18H15ClN6O/c19-15-2-1-12(10-21-15)9-14-5-8-25(18(14)26)16-11-22-17(24-23-16)13-3-6-20-7-4-13/h1-4,6-7,10-11,14H,5,8-9H2/t14-/m1/s1. The van der Waals surface area contributed by atoms with Crippen LogP contribution in [0.25, 0.3) is 11.4 Å². The second-order valence-electron chi connectivity index (χ2n) is 6.04. The van der Waals surface area contributed by atoms with Gasteiger partial charge in [-0.05, 0) is 36.6 Å². The molecule has 3 aromatic rings. The normalized spacial score (nSPS) is 16.9. The van der Waals surface area contributed by atoms with Gasteiger partial charge in [-0.15, -0.1) is 10.2 Å². The minimum atomic E-state index is -0.0975. The smallest absolute Gasteiger partial charge is 0.231 e. The quantitative estimate of drug-likeness (QED) is 0.660. The fraction of sp³-hybridized carbons (Fsp3) is 0.222.